The zero-order chi connectivity index (χ0) is 21.3. The first-order valence-corrected chi connectivity index (χ1v) is 10.7. The van der Waals surface area contributed by atoms with Gasteiger partial charge in [-0.1, -0.05) is 25.1 Å². The topological polar surface area (TPSA) is 76.5 Å². The predicted molar refractivity (Wildman–Crippen MR) is 119 cm³/mol. The molecule has 0 saturated carbocycles. The van der Waals surface area contributed by atoms with Crippen molar-refractivity contribution < 1.29 is 14.0 Å². The maximum Gasteiger partial charge on any atom is 0.195 e. The van der Waals surface area contributed by atoms with Gasteiger partial charge in [0, 0.05) is 34.1 Å². The fraction of sp³-hybridized carbons (Fsp3) is 0.360. The van der Waals surface area contributed by atoms with E-state index in [0.29, 0.717) is 40.5 Å². The van der Waals surface area contributed by atoms with Crippen LogP contribution in [-0.4, -0.2) is 36.6 Å². The van der Waals surface area contributed by atoms with Crippen LogP contribution in [0.3, 0.4) is 0 Å². The van der Waals surface area contributed by atoms with Crippen LogP contribution in [-0.2, 0) is 0 Å². The van der Waals surface area contributed by atoms with Crippen LogP contribution < -0.4 is 5.73 Å². The molecule has 1 saturated heterocycles. The number of benzene rings is 2. The molecular formula is C25H28N2O3. The summed E-state index contributed by atoms with van der Waals surface area (Å²) in [7, 11) is 2.13. The molecule has 4 rings (SSSR count). The number of anilines is 1. The van der Waals surface area contributed by atoms with Crippen molar-refractivity contribution in [2.45, 2.75) is 38.5 Å². The molecule has 2 N–H and O–H groups in total. The molecule has 0 spiro atoms. The summed E-state index contributed by atoms with van der Waals surface area (Å²) in [5.74, 6) is 0.756. The summed E-state index contributed by atoms with van der Waals surface area (Å²) in [6.07, 6.45) is 3.32. The maximum atomic E-state index is 13.2. The quantitative estimate of drug-likeness (QED) is 0.583. The Hall–Kier alpha value is -2.92. The molecule has 0 bridgehead atoms. The number of Topliss-reactive ketones (excluding diaryl/α,β-unsaturated/α-hetero) is 1. The lowest BCUT2D eigenvalue weighted by molar-refractivity contribution is 0.0981. The van der Waals surface area contributed by atoms with E-state index in [9.17, 15) is 9.59 Å². The number of hydrogen-bond donors (Lipinski definition) is 1. The summed E-state index contributed by atoms with van der Waals surface area (Å²) >= 11 is 0. The molecule has 5 heteroatoms. The Bertz CT molecular complexity index is 1090. The van der Waals surface area contributed by atoms with Crippen LogP contribution in [0, 0.1) is 0 Å². The van der Waals surface area contributed by atoms with Crippen molar-refractivity contribution >= 4 is 28.4 Å². The normalized spacial score (nSPS) is 15.5. The number of furan rings is 1. The number of fused-ring (bicyclic) bond motifs is 1. The highest BCUT2D eigenvalue weighted by Gasteiger charge is 2.25. The van der Waals surface area contributed by atoms with Crippen LogP contribution >= 0.6 is 0 Å². The maximum absolute atomic E-state index is 13.2. The lowest BCUT2D eigenvalue weighted by Crippen LogP contribution is -2.29. The van der Waals surface area contributed by atoms with Gasteiger partial charge in [0.1, 0.15) is 5.58 Å². The highest BCUT2D eigenvalue weighted by Crippen LogP contribution is 2.39. The zero-order valence-corrected chi connectivity index (χ0v) is 17.6. The van der Waals surface area contributed by atoms with Gasteiger partial charge < -0.3 is 15.1 Å². The Kier molecular flexibility index (Phi) is 5.73. The second kappa shape index (κ2) is 8.44. The van der Waals surface area contributed by atoms with Crippen molar-refractivity contribution in [1.29, 1.82) is 0 Å². The van der Waals surface area contributed by atoms with Crippen molar-refractivity contribution in [3.63, 3.8) is 0 Å². The SMILES string of the molecule is CCCC(=O)c1cccc(C(=O)c2ccc3oc(N)c(C4CCN(C)CC4)c3c2)c1. The second-order valence-corrected chi connectivity index (χ2v) is 8.25. The van der Waals surface area contributed by atoms with Gasteiger partial charge in [-0.2, -0.15) is 0 Å². The molecule has 2 heterocycles. The third-order valence-electron chi connectivity index (χ3n) is 6.07. The molecule has 2 aromatic carbocycles. The minimum Gasteiger partial charge on any atom is -0.441 e. The van der Waals surface area contributed by atoms with Gasteiger partial charge in [0.05, 0.1) is 0 Å². The van der Waals surface area contributed by atoms with E-state index in [1.165, 1.54) is 0 Å². The van der Waals surface area contributed by atoms with Gasteiger partial charge in [-0.05, 0) is 69.6 Å². The number of nitrogens with zero attached hydrogens (tertiary/aromatic N) is 1. The number of piperidine rings is 1. The minimum atomic E-state index is -0.0999. The number of carbonyl (C=O) groups excluding carboxylic acids is 2. The lowest BCUT2D eigenvalue weighted by Gasteiger charge is -2.28. The van der Waals surface area contributed by atoms with E-state index in [1.807, 2.05) is 19.1 Å². The molecular weight excluding hydrogens is 376 g/mol. The third-order valence-corrected chi connectivity index (χ3v) is 6.07. The van der Waals surface area contributed by atoms with Crippen LogP contribution in [0.5, 0.6) is 0 Å². The monoisotopic (exact) mass is 404 g/mol. The molecule has 156 valence electrons. The van der Waals surface area contributed by atoms with Crippen molar-refractivity contribution in [3.8, 4) is 0 Å². The number of ketones is 2. The first-order chi connectivity index (χ1) is 14.5. The van der Waals surface area contributed by atoms with Crippen LogP contribution in [0.25, 0.3) is 11.0 Å². The van der Waals surface area contributed by atoms with Crippen LogP contribution in [0.2, 0.25) is 0 Å². The van der Waals surface area contributed by atoms with Gasteiger partial charge in [0.15, 0.2) is 17.5 Å². The average molecular weight is 405 g/mol. The fourth-order valence-electron chi connectivity index (χ4n) is 4.37. The molecule has 3 aromatic rings. The summed E-state index contributed by atoms with van der Waals surface area (Å²) in [4.78, 5) is 27.7. The first kappa shape index (κ1) is 20.4. The van der Waals surface area contributed by atoms with E-state index in [-0.39, 0.29) is 11.6 Å². The van der Waals surface area contributed by atoms with Crippen molar-refractivity contribution in [1.82, 2.24) is 4.90 Å². The molecule has 0 radical (unpaired) electrons. The number of hydrogen-bond acceptors (Lipinski definition) is 5. The highest BCUT2D eigenvalue weighted by atomic mass is 16.3. The first-order valence-electron chi connectivity index (χ1n) is 10.7. The number of nitrogens with two attached hydrogens (primary N) is 1. The van der Waals surface area contributed by atoms with Crippen molar-refractivity contribution in [2.75, 3.05) is 25.9 Å². The molecule has 0 amide bonds. The van der Waals surface area contributed by atoms with Gasteiger partial charge in [0.2, 0.25) is 0 Å². The van der Waals surface area contributed by atoms with E-state index >= 15 is 0 Å². The zero-order valence-electron chi connectivity index (χ0n) is 17.6. The Morgan fingerprint density at radius 3 is 2.50 bits per heavy atom. The van der Waals surface area contributed by atoms with E-state index in [4.69, 9.17) is 10.2 Å². The van der Waals surface area contributed by atoms with Crippen molar-refractivity contribution in [2.24, 2.45) is 0 Å². The van der Waals surface area contributed by atoms with Crippen LogP contribution in [0.4, 0.5) is 5.88 Å². The average Bonchev–Trinajstić information content (AvgIpc) is 3.09. The van der Waals surface area contributed by atoms with Gasteiger partial charge in [-0.15, -0.1) is 0 Å². The summed E-state index contributed by atoms with van der Waals surface area (Å²) in [6, 6.07) is 12.5. The fourth-order valence-corrected chi connectivity index (χ4v) is 4.37. The summed E-state index contributed by atoms with van der Waals surface area (Å²) in [6.45, 7) is 4.02. The molecule has 0 aliphatic carbocycles. The van der Waals surface area contributed by atoms with E-state index < -0.39 is 0 Å². The van der Waals surface area contributed by atoms with Crippen molar-refractivity contribution in [3.05, 3.63) is 64.7 Å². The third kappa shape index (κ3) is 3.90. The predicted octanol–water partition coefficient (Wildman–Crippen LogP) is 5.04. The minimum absolute atomic E-state index is 0.0646. The number of nitrogen functional groups attached to an aromatic ring is 1. The van der Waals surface area contributed by atoms with Gasteiger partial charge in [-0.3, -0.25) is 9.59 Å². The van der Waals surface area contributed by atoms with Gasteiger partial charge in [-0.25, -0.2) is 0 Å². The summed E-state index contributed by atoms with van der Waals surface area (Å²) < 4.78 is 5.81. The van der Waals surface area contributed by atoms with Gasteiger partial charge >= 0.3 is 0 Å². The summed E-state index contributed by atoms with van der Waals surface area (Å²) in [5, 5.41) is 0.922. The summed E-state index contributed by atoms with van der Waals surface area (Å²) in [5.41, 5.74) is 9.66. The Morgan fingerprint density at radius 1 is 1.07 bits per heavy atom. The smallest absolute Gasteiger partial charge is 0.195 e. The molecule has 1 aromatic heterocycles. The molecule has 0 unspecified atom stereocenters. The lowest BCUT2D eigenvalue weighted by atomic mass is 9.88. The van der Waals surface area contributed by atoms with E-state index in [1.54, 1.807) is 30.3 Å². The number of likely N-dealkylation sites (tertiary alicyclic amines) is 1. The molecule has 1 aliphatic heterocycles. The number of rotatable bonds is 6. The molecule has 1 fully saturated rings. The Morgan fingerprint density at radius 2 is 1.77 bits per heavy atom. The molecule has 1 aliphatic rings. The highest BCUT2D eigenvalue weighted by molar-refractivity contribution is 6.12. The van der Waals surface area contributed by atoms with E-state index in [0.717, 1.165) is 43.3 Å². The Labute approximate surface area is 176 Å². The van der Waals surface area contributed by atoms with Crippen LogP contribution in [0.15, 0.2) is 46.9 Å². The molecule has 30 heavy (non-hydrogen) atoms. The number of carbonyl (C=O) groups is 2. The van der Waals surface area contributed by atoms with Crippen LogP contribution in [0.1, 0.15) is 70.4 Å². The molecule has 0 atom stereocenters. The second-order valence-electron chi connectivity index (χ2n) is 8.25. The standard InChI is InChI=1S/C25H28N2O3/c1-3-5-21(28)17-6-4-7-18(14-17)24(29)19-8-9-22-20(15-19)23(25(26)30-22)16-10-12-27(2)13-11-16/h4,6-9,14-16H,3,5,10-13,26H2,1-2H3. The molecule has 5 nitrogen and oxygen atoms in total. The Balaban J connectivity index is 1.68. The van der Waals surface area contributed by atoms with E-state index in [2.05, 4.69) is 11.9 Å². The van der Waals surface area contributed by atoms with Gasteiger partial charge in [0.25, 0.3) is 0 Å². The largest absolute Gasteiger partial charge is 0.441 e.